The van der Waals surface area contributed by atoms with Crippen molar-refractivity contribution in [1.82, 2.24) is 4.98 Å². The number of pyridine rings is 1. The summed E-state index contributed by atoms with van der Waals surface area (Å²) < 4.78 is 5.09. The largest absolute Gasteiger partial charge is 0.481 e. The van der Waals surface area contributed by atoms with Gasteiger partial charge in [-0.1, -0.05) is 18.2 Å². The Morgan fingerprint density at radius 3 is 2.83 bits per heavy atom. The average Bonchev–Trinajstić information content (AvgIpc) is 2.45. The van der Waals surface area contributed by atoms with Crippen molar-refractivity contribution >= 4 is 17.3 Å². The van der Waals surface area contributed by atoms with Crippen LogP contribution in [0.25, 0.3) is 0 Å². The fourth-order valence-electron chi connectivity index (χ4n) is 1.63. The van der Waals surface area contributed by atoms with E-state index in [0.29, 0.717) is 18.3 Å². The Kier molecular flexibility index (Phi) is 4.42. The van der Waals surface area contributed by atoms with E-state index >= 15 is 0 Å². The lowest BCUT2D eigenvalue weighted by molar-refractivity contribution is 0.396. The number of halogens is 1. The summed E-state index contributed by atoms with van der Waals surface area (Å²) in [5.74, 6) is 1.15. The number of ether oxygens (including phenoxy) is 1. The van der Waals surface area contributed by atoms with E-state index in [-0.39, 0.29) is 0 Å². The first-order chi connectivity index (χ1) is 8.81. The van der Waals surface area contributed by atoms with Gasteiger partial charge in [0.1, 0.15) is 0 Å². The van der Waals surface area contributed by atoms with Crippen molar-refractivity contribution in [2.24, 2.45) is 0 Å². The molecule has 0 aliphatic heterocycles. The third-order valence-electron chi connectivity index (χ3n) is 2.55. The minimum absolute atomic E-state index is 0.521. The fourth-order valence-corrected chi connectivity index (χ4v) is 1.79. The summed E-state index contributed by atoms with van der Waals surface area (Å²) in [4.78, 5) is 4.34. The maximum Gasteiger partial charge on any atom is 0.213 e. The highest BCUT2D eigenvalue weighted by Crippen LogP contribution is 2.14. The number of nitrogens with zero attached hydrogens (tertiary/aromatic N) is 1. The third kappa shape index (κ3) is 3.37. The predicted molar refractivity (Wildman–Crippen MR) is 74.1 cm³/mol. The maximum absolute atomic E-state index is 5.80. The Balaban J connectivity index is 2.01. The van der Waals surface area contributed by atoms with Gasteiger partial charge < -0.3 is 10.1 Å². The molecule has 4 heteroatoms. The summed E-state index contributed by atoms with van der Waals surface area (Å²) in [5.41, 5.74) is 3.07. The van der Waals surface area contributed by atoms with Crippen molar-refractivity contribution in [2.45, 2.75) is 12.4 Å². The standard InChI is InChI=1S/C14H15ClN2O/c1-18-14-7-3-6-13(17-14)10-16-12-5-2-4-11(8-12)9-15/h2-8,16H,9-10H2,1H3. The van der Waals surface area contributed by atoms with Gasteiger partial charge in [0.05, 0.1) is 19.3 Å². The van der Waals surface area contributed by atoms with E-state index in [9.17, 15) is 0 Å². The second kappa shape index (κ2) is 6.26. The molecule has 0 aliphatic carbocycles. The van der Waals surface area contributed by atoms with E-state index < -0.39 is 0 Å². The van der Waals surface area contributed by atoms with Gasteiger partial charge in [0.15, 0.2) is 0 Å². The molecular formula is C14H15ClN2O. The molecular weight excluding hydrogens is 248 g/mol. The molecule has 0 unspecified atom stereocenters. The molecule has 2 aromatic rings. The maximum atomic E-state index is 5.80. The van der Waals surface area contributed by atoms with E-state index in [1.807, 2.05) is 42.5 Å². The Morgan fingerprint density at radius 1 is 1.22 bits per heavy atom. The van der Waals surface area contributed by atoms with Crippen molar-refractivity contribution in [3.8, 4) is 5.88 Å². The predicted octanol–water partition coefficient (Wildman–Crippen LogP) is 3.44. The Morgan fingerprint density at radius 2 is 2.06 bits per heavy atom. The summed E-state index contributed by atoms with van der Waals surface area (Å²) in [6, 6.07) is 13.8. The van der Waals surface area contributed by atoms with Gasteiger partial charge in [0.25, 0.3) is 0 Å². The lowest BCUT2D eigenvalue weighted by Gasteiger charge is -2.08. The van der Waals surface area contributed by atoms with Crippen molar-refractivity contribution < 1.29 is 4.74 Å². The highest BCUT2D eigenvalue weighted by Gasteiger charge is 1.99. The Bertz CT molecular complexity index is 469. The number of hydrogen-bond acceptors (Lipinski definition) is 3. The van der Waals surface area contributed by atoms with Crippen LogP contribution in [-0.2, 0) is 12.4 Å². The minimum Gasteiger partial charge on any atom is -0.481 e. The van der Waals surface area contributed by atoms with Gasteiger partial charge in [-0.2, -0.15) is 0 Å². The lowest BCUT2D eigenvalue weighted by atomic mass is 10.2. The zero-order valence-electron chi connectivity index (χ0n) is 10.2. The first kappa shape index (κ1) is 12.7. The number of rotatable bonds is 5. The number of alkyl halides is 1. The van der Waals surface area contributed by atoms with E-state index in [2.05, 4.69) is 10.3 Å². The van der Waals surface area contributed by atoms with Crippen LogP contribution in [0.1, 0.15) is 11.3 Å². The van der Waals surface area contributed by atoms with E-state index in [1.165, 1.54) is 0 Å². The van der Waals surface area contributed by atoms with E-state index in [4.69, 9.17) is 16.3 Å². The second-order valence-corrected chi connectivity index (χ2v) is 4.13. The SMILES string of the molecule is COc1cccc(CNc2cccc(CCl)c2)n1. The molecule has 0 amide bonds. The van der Waals surface area contributed by atoms with Crippen molar-refractivity contribution in [1.29, 1.82) is 0 Å². The smallest absolute Gasteiger partial charge is 0.213 e. The third-order valence-corrected chi connectivity index (χ3v) is 2.85. The highest BCUT2D eigenvalue weighted by atomic mass is 35.5. The second-order valence-electron chi connectivity index (χ2n) is 3.86. The summed E-state index contributed by atoms with van der Waals surface area (Å²) in [5, 5.41) is 3.31. The van der Waals surface area contributed by atoms with Crippen LogP contribution in [-0.4, -0.2) is 12.1 Å². The van der Waals surface area contributed by atoms with Crippen molar-refractivity contribution in [3.63, 3.8) is 0 Å². The molecule has 3 nitrogen and oxygen atoms in total. The molecule has 18 heavy (non-hydrogen) atoms. The van der Waals surface area contributed by atoms with E-state index in [1.54, 1.807) is 7.11 Å². The zero-order chi connectivity index (χ0) is 12.8. The summed E-state index contributed by atoms with van der Waals surface area (Å²) in [6.45, 7) is 0.656. The summed E-state index contributed by atoms with van der Waals surface area (Å²) in [7, 11) is 1.61. The number of nitrogens with one attached hydrogen (secondary N) is 1. The molecule has 0 atom stereocenters. The summed E-state index contributed by atoms with van der Waals surface area (Å²) in [6.07, 6.45) is 0. The molecule has 1 heterocycles. The van der Waals surface area contributed by atoms with Crippen LogP contribution >= 0.6 is 11.6 Å². The van der Waals surface area contributed by atoms with Gasteiger partial charge in [-0.3, -0.25) is 0 Å². The Hall–Kier alpha value is -1.74. The van der Waals surface area contributed by atoms with Crippen LogP contribution in [0.3, 0.4) is 0 Å². The van der Waals surface area contributed by atoms with Gasteiger partial charge in [-0.25, -0.2) is 4.98 Å². The molecule has 94 valence electrons. The normalized spacial score (nSPS) is 10.1. The number of aromatic nitrogens is 1. The molecule has 1 aromatic heterocycles. The summed E-state index contributed by atoms with van der Waals surface area (Å²) >= 11 is 5.80. The zero-order valence-corrected chi connectivity index (χ0v) is 10.9. The first-order valence-corrected chi connectivity index (χ1v) is 6.24. The number of benzene rings is 1. The first-order valence-electron chi connectivity index (χ1n) is 5.70. The van der Waals surface area contributed by atoms with Crippen LogP contribution in [0.15, 0.2) is 42.5 Å². The Labute approximate surface area is 112 Å². The van der Waals surface area contributed by atoms with E-state index in [0.717, 1.165) is 16.9 Å². The van der Waals surface area contributed by atoms with Crippen LogP contribution in [0.4, 0.5) is 5.69 Å². The van der Waals surface area contributed by atoms with Crippen LogP contribution in [0, 0.1) is 0 Å². The minimum atomic E-state index is 0.521. The molecule has 0 radical (unpaired) electrons. The molecule has 0 saturated carbocycles. The number of hydrogen-bond donors (Lipinski definition) is 1. The van der Waals surface area contributed by atoms with Crippen LogP contribution in [0.5, 0.6) is 5.88 Å². The number of methoxy groups -OCH3 is 1. The molecule has 1 aromatic carbocycles. The fraction of sp³-hybridized carbons (Fsp3) is 0.214. The van der Waals surface area contributed by atoms with Gasteiger partial charge in [0, 0.05) is 17.6 Å². The molecule has 0 saturated heterocycles. The number of anilines is 1. The molecule has 0 aliphatic rings. The van der Waals surface area contributed by atoms with Crippen LogP contribution < -0.4 is 10.1 Å². The average molecular weight is 263 g/mol. The van der Waals surface area contributed by atoms with Crippen molar-refractivity contribution in [2.75, 3.05) is 12.4 Å². The molecule has 0 bridgehead atoms. The monoisotopic (exact) mass is 262 g/mol. The quantitative estimate of drug-likeness (QED) is 0.838. The van der Waals surface area contributed by atoms with Gasteiger partial charge in [-0.05, 0) is 23.8 Å². The van der Waals surface area contributed by atoms with Crippen LogP contribution in [0.2, 0.25) is 0 Å². The van der Waals surface area contributed by atoms with Gasteiger partial charge >= 0.3 is 0 Å². The van der Waals surface area contributed by atoms with Crippen molar-refractivity contribution in [3.05, 3.63) is 53.7 Å². The highest BCUT2D eigenvalue weighted by molar-refractivity contribution is 6.17. The topological polar surface area (TPSA) is 34.1 Å². The lowest BCUT2D eigenvalue weighted by Crippen LogP contribution is -2.02. The molecule has 2 rings (SSSR count). The van der Waals surface area contributed by atoms with Gasteiger partial charge in [-0.15, -0.1) is 11.6 Å². The molecule has 0 fully saturated rings. The molecule has 0 spiro atoms. The van der Waals surface area contributed by atoms with Gasteiger partial charge in [0.2, 0.25) is 5.88 Å². The molecule has 1 N–H and O–H groups in total.